The van der Waals surface area contributed by atoms with E-state index in [0.717, 1.165) is 48.7 Å². The number of amides is 2. The fraction of sp³-hybridized carbons (Fsp3) is 0.407. The van der Waals surface area contributed by atoms with Crippen LogP contribution in [0, 0.1) is 0 Å². The van der Waals surface area contributed by atoms with Crippen molar-refractivity contribution in [1.29, 1.82) is 0 Å². The van der Waals surface area contributed by atoms with Gasteiger partial charge in [-0.2, -0.15) is 0 Å². The molecule has 8 heteroatoms. The van der Waals surface area contributed by atoms with Gasteiger partial charge in [-0.05, 0) is 55.5 Å². The molecule has 0 bridgehead atoms. The summed E-state index contributed by atoms with van der Waals surface area (Å²) in [7, 11) is 0. The van der Waals surface area contributed by atoms with Crippen molar-refractivity contribution in [2.24, 2.45) is 0 Å². The minimum atomic E-state index is -0.563. The van der Waals surface area contributed by atoms with Crippen molar-refractivity contribution >= 4 is 22.7 Å². The van der Waals surface area contributed by atoms with Crippen molar-refractivity contribution < 1.29 is 9.59 Å². The average Bonchev–Trinajstić information content (AvgIpc) is 3.67. The fourth-order valence-electron chi connectivity index (χ4n) is 4.82. The van der Waals surface area contributed by atoms with Gasteiger partial charge < -0.3 is 10.6 Å². The van der Waals surface area contributed by atoms with E-state index in [2.05, 4.69) is 10.6 Å². The Labute approximate surface area is 203 Å². The molecule has 2 aliphatic carbocycles. The summed E-state index contributed by atoms with van der Waals surface area (Å²) >= 11 is 0. The molecule has 0 aliphatic heterocycles. The van der Waals surface area contributed by atoms with Crippen LogP contribution in [0.2, 0.25) is 0 Å². The van der Waals surface area contributed by atoms with Crippen molar-refractivity contribution in [2.75, 3.05) is 0 Å². The van der Waals surface area contributed by atoms with Gasteiger partial charge in [-0.3, -0.25) is 19.0 Å². The molecule has 0 radical (unpaired) electrons. The lowest BCUT2D eigenvalue weighted by Gasteiger charge is -2.23. The average molecular weight is 475 g/mol. The predicted octanol–water partition coefficient (Wildman–Crippen LogP) is 2.42. The Morgan fingerprint density at radius 3 is 2.17 bits per heavy atom. The Kier molecular flexibility index (Phi) is 6.53. The van der Waals surface area contributed by atoms with Crippen molar-refractivity contribution in [2.45, 2.75) is 70.0 Å². The summed E-state index contributed by atoms with van der Waals surface area (Å²) in [5, 5.41) is 6.38. The zero-order chi connectivity index (χ0) is 24.4. The van der Waals surface area contributed by atoms with Gasteiger partial charge in [0, 0.05) is 12.1 Å². The van der Waals surface area contributed by atoms with Crippen LogP contribution in [0.15, 0.2) is 58.1 Å². The van der Waals surface area contributed by atoms with E-state index in [0.29, 0.717) is 22.6 Å². The maximum absolute atomic E-state index is 13.5. The normalized spacial score (nSPS) is 16.2. The summed E-state index contributed by atoms with van der Waals surface area (Å²) in [5.41, 5.74) is 0.637. The topological polar surface area (TPSA) is 102 Å². The summed E-state index contributed by atoms with van der Waals surface area (Å²) in [6, 6.07) is 14.1. The van der Waals surface area contributed by atoms with Gasteiger partial charge in [0.1, 0.15) is 6.54 Å². The number of carbonyl (C=O) groups is 2. The summed E-state index contributed by atoms with van der Waals surface area (Å²) in [6.45, 7) is -0.157. The van der Waals surface area contributed by atoms with Crippen LogP contribution in [-0.4, -0.2) is 33.0 Å². The monoisotopic (exact) mass is 474 g/mol. The van der Waals surface area contributed by atoms with Crippen LogP contribution in [0.25, 0.3) is 16.6 Å². The molecule has 0 spiro atoms. The van der Waals surface area contributed by atoms with Crippen molar-refractivity contribution in [1.82, 2.24) is 19.8 Å². The zero-order valence-electron chi connectivity index (χ0n) is 19.7. The van der Waals surface area contributed by atoms with Gasteiger partial charge in [0.15, 0.2) is 0 Å². The second kappa shape index (κ2) is 9.90. The molecule has 0 unspecified atom stereocenters. The molecule has 2 amide bonds. The molecule has 8 nitrogen and oxygen atoms in total. The summed E-state index contributed by atoms with van der Waals surface area (Å²) in [6.07, 6.45) is 7.58. The Morgan fingerprint density at radius 2 is 1.46 bits per heavy atom. The standard InChI is InChI=1S/C27H30N4O4/c32-24(28-20-12-13-20)16-18-10-14-21(15-11-18)31-26(34)22-8-4-5-9-23(22)30(27(31)35)17-25(33)29-19-6-2-1-3-7-19/h4-5,8-11,14-15,19-20H,1-3,6-7,12-13,16-17H2,(H,28,32)(H,29,33). The minimum Gasteiger partial charge on any atom is -0.353 e. The van der Waals surface area contributed by atoms with Gasteiger partial charge in [-0.25, -0.2) is 9.36 Å². The molecule has 2 saturated carbocycles. The molecule has 0 atom stereocenters. The van der Waals surface area contributed by atoms with E-state index < -0.39 is 11.2 Å². The van der Waals surface area contributed by atoms with Crippen molar-refractivity contribution in [3.8, 4) is 5.69 Å². The molecule has 0 saturated heterocycles. The van der Waals surface area contributed by atoms with Crippen LogP contribution < -0.4 is 21.9 Å². The second-order valence-corrected chi connectivity index (χ2v) is 9.61. The Morgan fingerprint density at radius 1 is 0.800 bits per heavy atom. The molecule has 3 aromatic rings. The number of benzene rings is 2. The number of nitrogens with one attached hydrogen (secondary N) is 2. The largest absolute Gasteiger partial charge is 0.353 e. The van der Waals surface area contributed by atoms with E-state index >= 15 is 0 Å². The molecule has 182 valence electrons. The third-order valence-electron chi connectivity index (χ3n) is 6.82. The molecule has 2 aromatic carbocycles. The maximum atomic E-state index is 13.5. The quantitative estimate of drug-likeness (QED) is 0.549. The summed E-state index contributed by atoms with van der Waals surface area (Å²) in [5.74, 6) is -0.263. The molecule has 2 aliphatic rings. The highest BCUT2D eigenvalue weighted by atomic mass is 16.2. The third-order valence-corrected chi connectivity index (χ3v) is 6.82. The van der Waals surface area contributed by atoms with Crippen LogP contribution >= 0.6 is 0 Å². The van der Waals surface area contributed by atoms with E-state index in [-0.39, 0.29) is 30.8 Å². The van der Waals surface area contributed by atoms with Crippen LogP contribution in [0.5, 0.6) is 0 Å². The number of carbonyl (C=O) groups excluding carboxylic acids is 2. The van der Waals surface area contributed by atoms with Gasteiger partial charge in [0.2, 0.25) is 11.8 Å². The Bertz CT molecular complexity index is 1360. The molecule has 2 N–H and O–H groups in total. The highest BCUT2D eigenvalue weighted by molar-refractivity contribution is 5.82. The first kappa shape index (κ1) is 23.1. The number of para-hydroxylation sites is 1. The van der Waals surface area contributed by atoms with Gasteiger partial charge in [0.25, 0.3) is 5.56 Å². The van der Waals surface area contributed by atoms with Gasteiger partial charge >= 0.3 is 5.69 Å². The number of fused-ring (bicyclic) bond motifs is 1. The highest BCUT2D eigenvalue weighted by Crippen LogP contribution is 2.19. The van der Waals surface area contributed by atoms with Crippen LogP contribution in [0.3, 0.4) is 0 Å². The molecule has 1 heterocycles. The van der Waals surface area contributed by atoms with Crippen LogP contribution in [-0.2, 0) is 22.6 Å². The maximum Gasteiger partial charge on any atom is 0.336 e. The zero-order valence-corrected chi connectivity index (χ0v) is 19.7. The highest BCUT2D eigenvalue weighted by Gasteiger charge is 2.23. The van der Waals surface area contributed by atoms with Gasteiger partial charge in [0.05, 0.1) is 23.0 Å². The number of hydrogen-bond donors (Lipinski definition) is 2. The lowest BCUT2D eigenvalue weighted by Crippen LogP contribution is -2.44. The first-order valence-corrected chi connectivity index (χ1v) is 12.4. The number of rotatable bonds is 7. The molecule has 2 fully saturated rings. The SMILES string of the molecule is O=C(Cc1ccc(-n2c(=O)c3ccccc3n(CC(=O)NC3CCCCC3)c2=O)cc1)NC1CC1. The summed E-state index contributed by atoms with van der Waals surface area (Å²) in [4.78, 5) is 51.7. The number of hydrogen-bond acceptors (Lipinski definition) is 4. The van der Waals surface area contributed by atoms with Crippen molar-refractivity contribution in [3.05, 3.63) is 74.9 Å². The Balaban J connectivity index is 1.45. The van der Waals surface area contributed by atoms with Crippen LogP contribution in [0.4, 0.5) is 0 Å². The summed E-state index contributed by atoms with van der Waals surface area (Å²) < 4.78 is 2.47. The van der Waals surface area contributed by atoms with E-state index in [9.17, 15) is 19.2 Å². The molecular weight excluding hydrogens is 444 g/mol. The second-order valence-electron chi connectivity index (χ2n) is 9.61. The minimum absolute atomic E-state index is 0.0329. The first-order chi connectivity index (χ1) is 17.0. The molecule has 1 aromatic heterocycles. The smallest absolute Gasteiger partial charge is 0.336 e. The predicted molar refractivity (Wildman–Crippen MR) is 134 cm³/mol. The molecule has 5 rings (SSSR count). The molecular formula is C27H30N4O4. The van der Waals surface area contributed by atoms with Gasteiger partial charge in [-0.15, -0.1) is 0 Å². The van der Waals surface area contributed by atoms with Crippen LogP contribution in [0.1, 0.15) is 50.5 Å². The molecule has 35 heavy (non-hydrogen) atoms. The number of aromatic nitrogens is 2. The number of nitrogens with zero attached hydrogens (tertiary/aromatic N) is 2. The lowest BCUT2D eigenvalue weighted by molar-refractivity contribution is -0.122. The first-order valence-electron chi connectivity index (χ1n) is 12.4. The van der Waals surface area contributed by atoms with E-state index in [4.69, 9.17) is 0 Å². The van der Waals surface area contributed by atoms with E-state index in [1.165, 1.54) is 11.0 Å². The van der Waals surface area contributed by atoms with Gasteiger partial charge in [-0.1, -0.05) is 43.5 Å². The van der Waals surface area contributed by atoms with E-state index in [1.807, 2.05) is 0 Å². The lowest BCUT2D eigenvalue weighted by atomic mass is 9.95. The fourth-order valence-corrected chi connectivity index (χ4v) is 4.82. The van der Waals surface area contributed by atoms with E-state index in [1.54, 1.807) is 48.5 Å². The third kappa shape index (κ3) is 5.21. The Hall–Kier alpha value is -3.68. The van der Waals surface area contributed by atoms with Crippen molar-refractivity contribution in [3.63, 3.8) is 0 Å².